The minimum Gasteiger partial charge on any atom is -0.435 e. The highest BCUT2D eigenvalue weighted by Crippen LogP contribution is 2.35. The summed E-state index contributed by atoms with van der Waals surface area (Å²) in [6.07, 6.45) is 1.91. The van der Waals surface area contributed by atoms with Crippen LogP contribution in [0.3, 0.4) is 0 Å². The van der Waals surface area contributed by atoms with Crippen molar-refractivity contribution < 1.29 is 18.3 Å². The van der Waals surface area contributed by atoms with Crippen molar-refractivity contribution in [3.05, 3.63) is 82.4 Å². The number of ether oxygens (including phenoxy) is 1. The largest absolute Gasteiger partial charge is 0.435 e. The molecular formula is C24H21F2N3O3S. The first-order valence-corrected chi connectivity index (χ1v) is 11.1. The van der Waals surface area contributed by atoms with Crippen LogP contribution >= 0.6 is 11.3 Å². The molecule has 33 heavy (non-hydrogen) atoms. The fourth-order valence-electron chi connectivity index (χ4n) is 3.53. The highest BCUT2D eigenvalue weighted by Gasteiger charge is 2.16. The molecule has 2 aromatic carbocycles. The third kappa shape index (κ3) is 5.25. The minimum absolute atomic E-state index is 0.0826. The predicted molar refractivity (Wildman–Crippen MR) is 124 cm³/mol. The van der Waals surface area contributed by atoms with Gasteiger partial charge >= 0.3 is 6.61 Å². The molecule has 0 radical (unpaired) electrons. The number of carbonyl (C=O) groups excluding carboxylic acids is 1. The fraction of sp³-hybridized carbons (Fsp3) is 0.208. The van der Waals surface area contributed by atoms with E-state index < -0.39 is 6.61 Å². The molecule has 0 atom stereocenters. The number of aromatic nitrogens is 2. The van der Waals surface area contributed by atoms with Crippen molar-refractivity contribution in [3.8, 4) is 16.2 Å². The average molecular weight is 470 g/mol. The highest BCUT2D eigenvalue weighted by molar-refractivity contribution is 7.22. The van der Waals surface area contributed by atoms with Gasteiger partial charge in [0.1, 0.15) is 17.1 Å². The zero-order valence-electron chi connectivity index (χ0n) is 17.8. The van der Waals surface area contributed by atoms with Crippen LogP contribution in [0.1, 0.15) is 11.1 Å². The number of nitrogens with one attached hydrogen (secondary N) is 1. The van der Waals surface area contributed by atoms with E-state index in [1.54, 1.807) is 12.1 Å². The normalized spacial score (nSPS) is 11.2. The van der Waals surface area contributed by atoms with E-state index in [-0.39, 0.29) is 23.8 Å². The van der Waals surface area contributed by atoms with Crippen LogP contribution in [-0.2, 0) is 17.8 Å². The Hall–Kier alpha value is -3.59. The van der Waals surface area contributed by atoms with Crippen molar-refractivity contribution in [2.24, 2.45) is 0 Å². The fourth-order valence-corrected chi connectivity index (χ4v) is 4.68. The molecule has 0 spiro atoms. The summed E-state index contributed by atoms with van der Waals surface area (Å²) < 4.78 is 30.0. The van der Waals surface area contributed by atoms with Gasteiger partial charge in [-0.15, -0.1) is 11.3 Å². The number of rotatable bonds is 8. The Bertz CT molecular complexity index is 1320. The zero-order chi connectivity index (χ0) is 23.4. The Morgan fingerprint density at radius 2 is 1.88 bits per heavy atom. The van der Waals surface area contributed by atoms with E-state index in [1.165, 1.54) is 34.4 Å². The molecule has 4 rings (SSSR count). The van der Waals surface area contributed by atoms with Crippen molar-refractivity contribution in [2.45, 2.75) is 26.5 Å². The summed E-state index contributed by atoms with van der Waals surface area (Å²) in [5.41, 5.74) is 2.49. The van der Waals surface area contributed by atoms with Gasteiger partial charge in [0.05, 0.1) is 11.7 Å². The summed E-state index contributed by atoms with van der Waals surface area (Å²) in [6, 6.07) is 16.0. The molecule has 0 unspecified atom stereocenters. The third-order valence-corrected chi connectivity index (χ3v) is 6.40. The number of hydrogen-bond donors (Lipinski definition) is 1. The predicted octanol–water partition coefficient (Wildman–Crippen LogP) is 4.39. The molecule has 0 bridgehead atoms. The van der Waals surface area contributed by atoms with E-state index in [9.17, 15) is 18.4 Å². The van der Waals surface area contributed by atoms with Gasteiger partial charge in [0.2, 0.25) is 5.91 Å². The molecule has 4 aromatic rings. The smallest absolute Gasteiger partial charge is 0.387 e. The molecule has 6 nitrogen and oxygen atoms in total. The first-order chi connectivity index (χ1) is 15.9. The number of hydrogen-bond acceptors (Lipinski definition) is 5. The average Bonchev–Trinajstić information content (AvgIpc) is 3.14. The molecule has 0 aliphatic heterocycles. The molecule has 1 amide bonds. The number of benzene rings is 2. The second kappa shape index (κ2) is 9.91. The molecule has 0 aliphatic rings. The van der Waals surface area contributed by atoms with Crippen LogP contribution in [0.25, 0.3) is 20.7 Å². The molecule has 9 heteroatoms. The topological polar surface area (TPSA) is 73.2 Å². The van der Waals surface area contributed by atoms with Crippen LogP contribution in [0.5, 0.6) is 5.75 Å². The number of aryl methyl sites for hydroxylation is 1. The van der Waals surface area contributed by atoms with Gasteiger partial charge < -0.3 is 10.1 Å². The minimum atomic E-state index is -2.87. The second-order valence-corrected chi connectivity index (χ2v) is 8.40. The lowest BCUT2D eigenvalue weighted by atomic mass is 10.1. The van der Waals surface area contributed by atoms with Gasteiger partial charge in [-0.05, 0) is 42.2 Å². The molecule has 2 aromatic heterocycles. The Labute approximate surface area is 192 Å². The summed E-state index contributed by atoms with van der Waals surface area (Å²) in [7, 11) is 0. The van der Waals surface area contributed by atoms with Gasteiger partial charge in [0, 0.05) is 11.4 Å². The van der Waals surface area contributed by atoms with E-state index in [0.29, 0.717) is 23.2 Å². The van der Waals surface area contributed by atoms with E-state index in [1.807, 2.05) is 37.3 Å². The molecular weight excluding hydrogens is 448 g/mol. The standard InChI is InChI=1S/C24H21F2N3O3S/c1-15-20-22(33-21(15)17-5-3-2-4-6-17)28-14-29(23(20)31)13-19(30)27-12-11-16-7-9-18(10-8-16)32-24(25)26/h2-10,14,24H,11-13H2,1H3,(H,27,30). The van der Waals surface area contributed by atoms with Crippen LogP contribution in [0.15, 0.2) is 65.7 Å². The molecule has 0 fully saturated rings. The summed E-state index contributed by atoms with van der Waals surface area (Å²) in [5, 5.41) is 3.30. The van der Waals surface area contributed by atoms with Crippen molar-refractivity contribution >= 4 is 27.5 Å². The molecule has 0 aliphatic carbocycles. The SMILES string of the molecule is Cc1c(-c2ccccc2)sc2ncn(CC(=O)NCCc3ccc(OC(F)F)cc3)c(=O)c12. The quantitative estimate of drug-likeness (QED) is 0.415. The molecule has 170 valence electrons. The van der Waals surface area contributed by atoms with E-state index in [0.717, 1.165) is 21.6 Å². The third-order valence-electron chi connectivity index (χ3n) is 5.15. The maximum atomic E-state index is 13.0. The Morgan fingerprint density at radius 1 is 1.15 bits per heavy atom. The van der Waals surface area contributed by atoms with E-state index in [2.05, 4.69) is 15.0 Å². The van der Waals surface area contributed by atoms with Gasteiger partial charge in [-0.2, -0.15) is 8.78 Å². The second-order valence-electron chi connectivity index (χ2n) is 7.40. The van der Waals surface area contributed by atoms with Crippen molar-refractivity contribution in [3.63, 3.8) is 0 Å². The molecule has 1 N–H and O–H groups in total. The van der Waals surface area contributed by atoms with Crippen LogP contribution in [-0.4, -0.2) is 28.6 Å². The maximum absolute atomic E-state index is 13.0. The van der Waals surface area contributed by atoms with Crippen molar-refractivity contribution in [1.29, 1.82) is 0 Å². The van der Waals surface area contributed by atoms with E-state index >= 15 is 0 Å². The number of nitrogens with zero attached hydrogens (tertiary/aromatic N) is 2. The first kappa shape index (κ1) is 22.6. The highest BCUT2D eigenvalue weighted by atomic mass is 32.1. The lowest BCUT2D eigenvalue weighted by molar-refractivity contribution is -0.121. The van der Waals surface area contributed by atoms with Crippen molar-refractivity contribution in [1.82, 2.24) is 14.9 Å². The summed E-state index contributed by atoms with van der Waals surface area (Å²) >= 11 is 1.46. The number of carbonyl (C=O) groups is 1. The molecule has 0 saturated heterocycles. The van der Waals surface area contributed by atoms with Crippen LogP contribution < -0.4 is 15.6 Å². The summed E-state index contributed by atoms with van der Waals surface area (Å²) in [6.45, 7) is -0.769. The van der Waals surface area contributed by atoms with Crippen LogP contribution in [0, 0.1) is 6.92 Å². The monoisotopic (exact) mass is 469 g/mol. The molecule has 0 saturated carbocycles. The van der Waals surface area contributed by atoms with Gasteiger partial charge in [0.25, 0.3) is 5.56 Å². The Balaban J connectivity index is 1.40. The summed E-state index contributed by atoms with van der Waals surface area (Å²) in [4.78, 5) is 31.4. The maximum Gasteiger partial charge on any atom is 0.387 e. The van der Waals surface area contributed by atoms with Crippen molar-refractivity contribution in [2.75, 3.05) is 6.54 Å². The Morgan fingerprint density at radius 3 is 2.58 bits per heavy atom. The van der Waals surface area contributed by atoms with Gasteiger partial charge in [-0.25, -0.2) is 4.98 Å². The number of alkyl halides is 2. The van der Waals surface area contributed by atoms with Crippen LogP contribution in [0.2, 0.25) is 0 Å². The van der Waals surface area contributed by atoms with Gasteiger partial charge in [0.15, 0.2) is 0 Å². The lowest BCUT2D eigenvalue weighted by Crippen LogP contribution is -2.33. The summed E-state index contributed by atoms with van der Waals surface area (Å²) in [5.74, 6) is -0.230. The first-order valence-electron chi connectivity index (χ1n) is 10.3. The number of fused-ring (bicyclic) bond motifs is 1. The Kier molecular flexibility index (Phi) is 6.79. The number of thiophene rings is 1. The van der Waals surface area contributed by atoms with E-state index in [4.69, 9.17) is 0 Å². The number of halogens is 2. The molecule has 2 heterocycles. The zero-order valence-corrected chi connectivity index (χ0v) is 18.6. The lowest BCUT2D eigenvalue weighted by Gasteiger charge is -2.08. The van der Waals surface area contributed by atoms with Crippen LogP contribution in [0.4, 0.5) is 8.78 Å². The van der Waals surface area contributed by atoms with Gasteiger partial charge in [-0.1, -0.05) is 42.5 Å². The van der Waals surface area contributed by atoms with Gasteiger partial charge in [-0.3, -0.25) is 14.2 Å². The number of amides is 1.